The van der Waals surface area contributed by atoms with E-state index in [2.05, 4.69) is 5.32 Å². The monoisotopic (exact) mass is 408 g/mol. The lowest BCUT2D eigenvalue weighted by Crippen LogP contribution is -2.43. The zero-order chi connectivity index (χ0) is 21.7. The molecule has 0 aliphatic carbocycles. The zero-order valence-corrected chi connectivity index (χ0v) is 17.7. The standard InChI is InChI=1S/C24H28N2O4/c1-16-9-10-20(15-17(16)2)22(27)18(3)30-23(28)19-11-13-26(14-12-19)24(29)25-21-7-5-4-6-8-21/h4-10,15,18-19H,11-14H2,1-3H3,(H,25,29)/t18-/m0/s1. The third kappa shape index (κ3) is 5.26. The summed E-state index contributed by atoms with van der Waals surface area (Å²) in [5.74, 6) is -0.880. The first-order valence-corrected chi connectivity index (χ1v) is 10.3. The van der Waals surface area contributed by atoms with E-state index in [9.17, 15) is 14.4 Å². The molecule has 0 unspecified atom stereocenters. The number of likely N-dealkylation sites (tertiary alicyclic amines) is 1. The maximum Gasteiger partial charge on any atom is 0.321 e. The van der Waals surface area contributed by atoms with Gasteiger partial charge in [-0.2, -0.15) is 0 Å². The van der Waals surface area contributed by atoms with Gasteiger partial charge in [0, 0.05) is 24.3 Å². The lowest BCUT2D eigenvalue weighted by Gasteiger charge is -2.31. The van der Waals surface area contributed by atoms with Gasteiger partial charge in [-0.05, 0) is 62.9 Å². The SMILES string of the molecule is Cc1ccc(C(=O)[C@H](C)OC(=O)C2CCN(C(=O)Nc3ccccc3)CC2)cc1C. The molecule has 0 aromatic heterocycles. The highest BCUT2D eigenvalue weighted by Crippen LogP contribution is 2.21. The number of carbonyl (C=O) groups is 3. The number of Topliss-reactive ketones (excluding diaryl/α,β-unsaturated/α-hetero) is 1. The molecule has 1 fully saturated rings. The molecule has 30 heavy (non-hydrogen) atoms. The van der Waals surface area contributed by atoms with Crippen LogP contribution in [0.2, 0.25) is 0 Å². The average molecular weight is 408 g/mol. The maximum atomic E-state index is 12.6. The zero-order valence-electron chi connectivity index (χ0n) is 17.7. The van der Waals surface area contributed by atoms with Crippen LogP contribution in [-0.4, -0.2) is 41.9 Å². The second kappa shape index (κ2) is 9.57. The molecule has 0 spiro atoms. The number of carbonyl (C=O) groups excluding carboxylic acids is 3. The van der Waals surface area contributed by atoms with Crippen LogP contribution in [-0.2, 0) is 9.53 Å². The summed E-state index contributed by atoms with van der Waals surface area (Å²) in [5.41, 5.74) is 3.42. The average Bonchev–Trinajstić information content (AvgIpc) is 2.75. The minimum atomic E-state index is -0.834. The highest BCUT2D eigenvalue weighted by Gasteiger charge is 2.30. The van der Waals surface area contributed by atoms with Gasteiger partial charge in [-0.25, -0.2) is 4.79 Å². The van der Waals surface area contributed by atoms with Crippen molar-refractivity contribution in [1.29, 1.82) is 0 Å². The van der Waals surface area contributed by atoms with Crippen LogP contribution in [0.4, 0.5) is 10.5 Å². The predicted molar refractivity (Wildman–Crippen MR) is 116 cm³/mol. The molecular formula is C24H28N2O4. The molecule has 0 saturated carbocycles. The summed E-state index contributed by atoms with van der Waals surface area (Å²) in [7, 11) is 0. The molecule has 158 valence electrons. The minimum Gasteiger partial charge on any atom is -0.454 e. The number of aryl methyl sites for hydroxylation is 2. The molecule has 2 amide bonds. The Morgan fingerprint density at radius 1 is 1.00 bits per heavy atom. The number of ether oxygens (including phenoxy) is 1. The smallest absolute Gasteiger partial charge is 0.321 e. The van der Waals surface area contributed by atoms with Crippen molar-refractivity contribution in [3.8, 4) is 0 Å². The van der Waals surface area contributed by atoms with Gasteiger partial charge in [-0.1, -0.05) is 30.3 Å². The fourth-order valence-corrected chi connectivity index (χ4v) is 3.50. The van der Waals surface area contributed by atoms with Crippen LogP contribution >= 0.6 is 0 Å². The predicted octanol–water partition coefficient (Wildman–Crippen LogP) is 4.36. The number of anilines is 1. The van der Waals surface area contributed by atoms with E-state index >= 15 is 0 Å². The number of nitrogens with zero attached hydrogens (tertiary/aromatic N) is 1. The number of amides is 2. The van der Waals surface area contributed by atoms with Gasteiger partial charge in [-0.15, -0.1) is 0 Å². The fourth-order valence-electron chi connectivity index (χ4n) is 3.50. The third-order valence-electron chi connectivity index (χ3n) is 5.59. The van der Waals surface area contributed by atoms with Crippen LogP contribution in [0.15, 0.2) is 48.5 Å². The molecule has 6 heteroatoms. The molecule has 1 atom stereocenters. The van der Waals surface area contributed by atoms with Crippen LogP contribution in [0.5, 0.6) is 0 Å². The van der Waals surface area contributed by atoms with Gasteiger partial charge in [0.15, 0.2) is 6.10 Å². The Morgan fingerprint density at radius 2 is 1.67 bits per heavy atom. The molecule has 1 heterocycles. The molecule has 3 rings (SSSR count). The fraction of sp³-hybridized carbons (Fsp3) is 0.375. The van der Waals surface area contributed by atoms with E-state index in [0.717, 1.165) is 16.8 Å². The van der Waals surface area contributed by atoms with Crippen LogP contribution in [0.25, 0.3) is 0 Å². The van der Waals surface area contributed by atoms with E-state index in [0.29, 0.717) is 31.5 Å². The van der Waals surface area contributed by atoms with E-state index < -0.39 is 6.10 Å². The third-order valence-corrected chi connectivity index (χ3v) is 5.59. The summed E-state index contributed by atoms with van der Waals surface area (Å²) in [5, 5.41) is 2.86. The van der Waals surface area contributed by atoms with Crippen LogP contribution in [0.3, 0.4) is 0 Å². The topological polar surface area (TPSA) is 75.7 Å². The second-order valence-corrected chi connectivity index (χ2v) is 7.80. The maximum absolute atomic E-state index is 12.6. The van der Waals surface area contributed by atoms with Crippen LogP contribution < -0.4 is 5.32 Å². The Bertz CT molecular complexity index is 918. The number of hydrogen-bond donors (Lipinski definition) is 1. The normalized spacial score (nSPS) is 15.4. The molecule has 2 aromatic rings. The summed E-state index contributed by atoms with van der Waals surface area (Å²) in [4.78, 5) is 39.2. The number of rotatable bonds is 5. The van der Waals surface area contributed by atoms with Gasteiger partial charge < -0.3 is 15.0 Å². The van der Waals surface area contributed by atoms with Gasteiger partial charge in [0.25, 0.3) is 0 Å². The van der Waals surface area contributed by atoms with Crippen molar-refractivity contribution in [2.45, 2.75) is 39.7 Å². The van der Waals surface area contributed by atoms with Crippen LogP contribution in [0.1, 0.15) is 41.3 Å². The van der Waals surface area contributed by atoms with Gasteiger partial charge in [0.1, 0.15) is 0 Å². The molecule has 2 aromatic carbocycles. The Hall–Kier alpha value is -3.15. The molecule has 0 bridgehead atoms. The number of para-hydroxylation sites is 1. The van der Waals surface area contributed by atoms with Gasteiger partial charge in [-0.3, -0.25) is 9.59 Å². The van der Waals surface area contributed by atoms with Crippen molar-refractivity contribution >= 4 is 23.5 Å². The lowest BCUT2D eigenvalue weighted by atomic mass is 9.97. The Kier molecular flexibility index (Phi) is 6.87. The molecule has 1 N–H and O–H groups in total. The number of hydrogen-bond acceptors (Lipinski definition) is 4. The first-order valence-electron chi connectivity index (χ1n) is 10.3. The summed E-state index contributed by atoms with van der Waals surface area (Å²) < 4.78 is 5.46. The van der Waals surface area contributed by atoms with Crippen molar-refractivity contribution < 1.29 is 19.1 Å². The van der Waals surface area contributed by atoms with Gasteiger partial charge in [0.05, 0.1) is 5.92 Å². The number of piperidine rings is 1. The summed E-state index contributed by atoms with van der Waals surface area (Å²) in [6, 6.07) is 14.6. The highest BCUT2D eigenvalue weighted by atomic mass is 16.5. The number of benzene rings is 2. The number of ketones is 1. The van der Waals surface area contributed by atoms with Crippen molar-refractivity contribution in [1.82, 2.24) is 4.90 Å². The van der Waals surface area contributed by atoms with Crippen molar-refractivity contribution in [2.75, 3.05) is 18.4 Å². The number of nitrogens with one attached hydrogen (secondary N) is 1. The second-order valence-electron chi connectivity index (χ2n) is 7.80. The summed E-state index contributed by atoms with van der Waals surface area (Å²) >= 11 is 0. The Balaban J connectivity index is 1.49. The molecule has 1 aliphatic heterocycles. The Labute approximate surface area is 177 Å². The Morgan fingerprint density at radius 3 is 2.30 bits per heavy atom. The van der Waals surface area contributed by atoms with E-state index in [1.165, 1.54) is 0 Å². The molecule has 0 radical (unpaired) electrons. The lowest BCUT2D eigenvalue weighted by molar-refractivity contribution is -0.152. The van der Waals surface area contributed by atoms with Crippen molar-refractivity contribution in [3.05, 3.63) is 65.2 Å². The minimum absolute atomic E-state index is 0.175. The summed E-state index contributed by atoms with van der Waals surface area (Å²) in [6.45, 7) is 6.48. The quantitative estimate of drug-likeness (QED) is 0.589. The molecule has 6 nitrogen and oxygen atoms in total. The number of urea groups is 1. The first-order chi connectivity index (χ1) is 14.3. The van der Waals surface area contributed by atoms with E-state index in [4.69, 9.17) is 4.74 Å². The van der Waals surface area contributed by atoms with Crippen molar-refractivity contribution in [3.63, 3.8) is 0 Å². The number of esters is 1. The first kappa shape index (κ1) is 21.6. The molecular weight excluding hydrogens is 380 g/mol. The van der Waals surface area contributed by atoms with E-state index in [1.54, 1.807) is 17.9 Å². The molecule has 1 aliphatic rings. The summed E-state index contributed by atoms with van der Waals surface area (Å²) in [6.07, 6.45) is 0.205. The van der Waals surface area contributed by atoms with E-state index in [-0.39, 0.29) is 23.7 Å². The van der Waals surface area contributed by atoms with E-state index in [1.807, 2.05) is 56.3 Å². The van der Waals surface area contributed by atoms with Crippen LogP contribution in [0, 0.1) is 19.8 Å². The van der Waals surface area contributed by atoms with Gasteiger partial charge >= 0.3 is 12.0 Å². The molecule has 1 saturated heterocycles. The van der Waals surface area contributed by atoms with Gasteiger partial charge in [0.2, 0.25) is 5.78 Å². The largest absolute Gasteiger partial charge is 0.454 e. The van der Waals surface area contributed by atoms with Crippen molar-refractivity contribution in [2.24, 2.45) is 5.92 Å². The highest BCUT2D eigenvalue weighted by molar-refractivity contribution is 6.00.